The second-order valence-corrected chi connectivity index (χ2v) is 8.34. The number of aliphatic carboxylic acids is 1. The number of carbonyl (C=O) groups is 2. The van der Waals surface area contributed by atoms with Crippen LogP contribution in [0.3, 0.4) is 0 Å². The lowest BCUT2D eigenvalue weighted by Gasteiger charge is -2.22. The van der Waals surface area contributed by atoms with Crippen LogP contribution in [0.15, 0.2) is 59.6 Å². The van der Waals surface area contributed by atoms with Gasteiger partial charge in [-0.3, -0.25) is 9.32 Å². The van der Waals surface area contributed by atoms with Crippen LogP contribution in [0.5, 0.6) is 0 Å². The Morgan fingerprint density at radius 2 is 1.72 bits per heavy atom. The zero-order valence-electron chi connectivity index (χ0n) is 16.2. The van der Waals surface area contributed by atoms with Crippen molar-refractivity contribution in [1.82, 2.24) is 4.67 Å². The van der Waals surface area contributed by atoms with Crippen LogP contribution in [0.2, 0.25) is 0 Å². The van der Waals surface area contributed by atoms with Crippen molar-refractivity contribution in [2.24, 2.45) is 4.99 Å². The number of hydrogen-bond acceptors (Lipinski definition) is 4. The van der Waals surface area contributed by atoms with E-state index in [0.29, 0.717) is 6.42 Å². The Hall–Kier alpha value is -2.64. The van der Waals surface area contributed by atoms with Gasteiger partial charge in [0.15, 0.2) is 5.71 Å². The predicted molar refractivity (Wildman–Crippen MR) is 109 cm³/mol. The molecule has 0 heterocycles. The highest BCUT2D eigenvalue weighted by molar-refractivity contribution is 7.50. The fourth-order valence-electron chi connectivity index (χ4n) is 2.33. The first-order chi connectivity index (χ1) is 13.7. The van der Waals surface area contributed by atoms with E-state index in [9.17, 15) is 24.2 Å². The summed E-state index contributed by atoms with van der Waals surface area (Å²) in [5.74, 6) is -2.27. The van der Waals surface area contributed by atoms with E-state index in [1.54, 1.807) is 12.1 Å². The number of nitrogens with zero attached hydrogens (tertiary/aromatic N) is 2. The molecule has 9 heteroatoms. The minimum atomic E-state index is -4.26. The largest absolute Gasteiger partial charge is 0.477 e. The number of aryl methyl sites for hydroxylation is 1. The summed E-state index contributed by atoms with van der Waals surface area (Å²) in [5, 5.41) is 9.25. The second kappa shape index (κ2) is 10.2. The van der Waals surface area contributed by atoms with Crippen molar-refractivity contribution in [3.05, 3.63) is 71.3 Å². The third kappa shape index (κ3) is 7.03. The molecule has 0 saturated carbocycles. The van der Waals surface area contributed by atoms with Gasteiger partial charge >= 0.3 is 13.7 Å². The van der Waals surface area contributed by atoms with Gasteiger partial charge in [-0.1, -0.05) is 48.0 Å². The average molecular weight is 418 g/mol. The molecule has 0 saturated heterocycles. The van der Waals surface area contributed by atoms with E-state index in [1.165, 1.54) is 19.2 Å². The van der Waals surface area contributed by atoms with Gasteiger partial charge in [0.05, 0.1) is 0 Å². The van der Waals surface area contributed by atoms with E-state index in [1.807, 2.05) is 37.3 Å². The number of carboxylic acids is 1. The summed E-state index contributed by atoms with van der Waals surface area (Å²) in [4.78, 5) is 37.1. The highest BCUT2D eigenvalue weighted by Gasteiger charge is 2.28. The van der Waals surface area contributed by atoms with E-state index in [2.05, 4.69) is 4.99 Å². The third-order valence-corrected chi connectivity index (χ3v) is 5.68. The third-order valence-electron chi connectivity index (χ3n) is 4.15. The first kappa shape index (κ1) is 22.6. The molecular formula is C20H23N2O6P. The number of benzene rings is 2. The summed E-state index contributed by atoms with van der Waals surface area (Å²) in [6, 6.07) is 15.8. The molecule has 2 aromatic rings. The van der Waals surface area contributed by atoms with Crippen molar-refractivity contribution in [2.75, 3.05) is 20.2 Å². The van der Waals surface area contributed by atoms with Crippen LogP contribution in [0.1, 0.15) is 21.5 Å². The number of aliphatic imine (C=N–C) groups is 1. The van der Waals surface area contributed by atoms with Crippen LogP contribution in [-0.2, 0) is 20.3 Å². The average Bonchev–Trinajstić information content (AvgIpc) is 2.70. The molecule has 0 aliphatic carbocycles. The van der Waals surface area contributed by atoms with Gasteiger partial charge in [-0.25, -0.2) is 19.0 Å². The van der Waals surface area contributed by atoms with Crippen LogP contribution in [0.4, 0.5) is 0 Å². The van der Waals surface area contributed by atoms with E-state index >= 15 is 0 Å². The number of carboxylic acid groups (broad SMARTS) is 1. The molecule has 154 valence electrons. The Balaban J connectivity index is 2.00. The Morgan fingerprint density at radius 1 is 1.10 bits per heavy atom. The summed E-state index contributed by atoms with van der Waals surface area (Å²) in [7, 11) is -2.86. The van der Waals surface area contributed by atoms with Gasteiger partial charge in [0.1, 0.15) is 6.61 Å². The Labute approximate surface area is 169 Å². The first-order valence-electron chi connectivity index (χ1n) is 8.84. The SMILES string of the molecule is Cc1ccc(C(=O)N=C(COP(=O)(O)N(C)CCc2ccccc2)C(=O)O)cc1. The Kier molecular flexibility index (Phi) is 7.99. The van der Waals surface area contributed by atoms with Crippen LogP contribution in [0, 0.1) is 6.92 Å². The number of hydrogen-bond donors (Lipinski definition) is 2. The molecule has 0 spiro atoms. The van der Waals surface area contributed by atoms with Crippen molar-refractivity contribution in [3.8, 4) is 0 Å². The van der Waals surface area contributed by atoms with Gasteiger partial charge in [0.2, 0.25) is 0 Å². The maximum absolute atomic E-state index is 12.4. The van der Waals surface area contributed by atoms with E-state index < -0.39 is 31.9 Å². The molecule has 0 fully saturated rings. The fraction of sp³-hybridized carbons (Fsp3) is 0.250. The minimum absolute atomic E-state index is 0.210. The van der Waals surface area contributed by atoms with Crippen molar-refractivity contribution in [2.45, 2.75) is 13.3 Å². The Morgan fingerprint density at radius 3 is 2.31 bits per heavy atom. The number of carbonyl (C=O) groups excluding carboxylic acids is 1. The highest BCUT2D eigenvalue weighted by atomic mass is 31.2. The molecule has 2 N–H and O–H groups in total. The van der Waals surface area contributed by atoms with E-state index in [4.69, 9.17) is 4.52 Å². The maximum Gasteiger partial charge on any atom is 0.405 e. The molecule has 0 radical (unpaired) electrons. The summed E-state index contributed by atoms with van der Waals surface area (Å²) >= 11 is 0. The molecule has 2 aromatic carbocycles. The lowest BCUT2D eigenvalue weighted by molar-refractivity contribution is -0.129. The van der Waals surface area contributed by atoms with Gasteiger partial charge in [0, 0.05) is 12.1 Å². The summed E-state index contributed by atoms with van der Waals surface area (Å²) < 4.78 is 18.4. The molecule has 1 unspecified atom stereocenters. The maximum atomic E-state index is 12.4. The van der Waals surface area contributed by atoms with Crippen molar-refractivity contribution in [3.63, 3.8) is 0 Å². The predicted octanol–water partition coefficient (Wildman–Crippen LogP) is 2.95. The summed E-state index contributed by atoms with van der Waals surface area (Å²) in [5.41, 5.74) is 1.48. The lowest BCUT2D eigenvalue weighted by Crippen LogP contribution is -2.25. The number of rotatable bonds is 9. The minimum Gasteiger partial charge on any atom is -0.477 e. The van der Waals surface area contributed by atoms with Crippen molar-refractivity contribution < 1.29 is 28.7 Å². The monoisotopic (exact) mass is 418 g/mol. The van der Waals surface area contributed by atoms with Gasteiger partial charge in [-0.05, 0) is 38.1 Å². The topological polar surface area (TPSA) is 116 Å². The van der Waals surface area contributed by atoms with Gasteiger partial charge in [0.25, 0.3) is 5.91 Å². The molecule has 2 rings (SSSR count). The number of likely N-dealkylation sites (N-methyl/N-ethyl adjacent to an activating group) is 1. The van der Waals surface area contributed by atoms with Gasteiger partial charge in [-0.2, -0.15) is 0 Å². The normalized spacial score (nSPS) is 13.9. The molecule has 29 heavy (non-hydrogen) atoms. The molecule has 0 aliphatic rings. The second-order valence-electron chi connectivity index (χ2n) is 6.42. The summed E-state index contributed by atoms with van der Waals surface area (Å²) in [6.07, 6.45) is 0.511. The standard InChI is InChI=1S/C20H23N2O6P/c1-15-8-10-17(11-9-15)19(23)21-18(20(24)25)14-28-29(26,27)22(2)13-12-16-6-4-3-5-7-16/h3-11H,12-14H2,1-2H3,(H,24,25)(H,26,27). The van der Waals surface area contributed by atoms with Crippen molar-refractivity contribution >= 4 is 25.3 Å². The smallest absolute Gasteiger partial charge is 0.405 e. The van der Waals surface area contributed by atoms with Crippen molar-refractivity contribution in [1.29, 1.82) is 0 Å². The molecule has 8 nitrogen and oxygen atoms in total. The molecule has 0 aliphatic heterocycles. The van der Waals surface area contributed by atoms with E-state index in [0.717, 1.165) is 15.8 Å². The number of amides is 1. The Bertz CT molecular complexity index is 928. The van der Waals surface area contributed by atoms with Gasteiger partial charge in [-0.15, -0.1) is 0 Å². The van der Waals surface area contributed by atoms with Crippen LogP contribution in [0.25, 0.3) is 0 Å². The quantitative estimate of drug-likeness (QED) is 0.475. The van der Waals surface area contributed by atoms with Crippen LogP contribution < -0.4 is 0 Å². The van der Waals surface area contributed by atoms with Crippen LogP contribution in [-0.4, -0.2) is 52.5 Å². The summed E-state index contributed by atoms with van der Waals surface area (Å²) in [6.45, 7) is 1.29. The molecule has 0 aromatic heterocycles. The molecule has 1 amide bonds. The highest BCUT2D eigenvalue weighted by Crippen LogP contribution is 2.44. The molecule has 0 bridgehead atoms. The van der Waals surface area contributed by atoms with E-state index in [-0.39, 0.29) is 12.1 Å². The van der Waals surface area contributed by atoms with Gasteiger partial charge < -0.3 is 10.00 Å². The lowest BCUT2D eigenvalue weighted by atomic mass is 10.1. The molecule has 1 atom stereocenters. The first-order valence-corrected chi connectivity index (χ1v) is 10.4. The zero-order valence-corrected chi connectivity index (χ0v) is 17.1. The molecular weight excluding hydrogens is 395 g/mol. The van der Waals surface area contributed by atoms with Crippen LogP contribution >= 0.6 is 7.75 Å². The zero-order chi connectivity index (χ0) is 21.4. The fourth-order valence-corrected chi connectivity index (χ4v) is 3.17.